The molecule has 2 aromatic heterocycles. The maximum atomic E-state index is 16.9. The fourth-order valence-electron chi connectivity index (χ4n) is 8.69. The number of piperidine rings is 1. The van der Waals surface area contributed by atoms with E-state index in [2.05, 4.69) is 26.7 Å². The molecular formula is C36H44F5N7. The number of fused-ring (bicyclic) bond motifs is 9. The molecule has 0 saturated carbocycles. The van der Waals surface area contributed by atoms with Crippen molar-refractivity contribution in [2.24, 2.45) is 5.92 Å². The second-order valence-corrected chi connectivity index (χ2v) is 14.3. The number of alkyl halides is 4. The number of nitrogens with zero attached hydrogens (tertiary/aromatic N) is 5. The van der Waals surface area contributed by atoms with Crippen molar-refractivity contribution in [3.05, 3.63) is 53.4 Å². The van der Waals surface area contributed by atoms with Crippen LogP contribution in [0, 0.1) is 11.7 Å². The van der Waals surface area contributed by atoms with Crippen LogP contribution in [0.4, 0.5) is 33.5 Å². The summed E-state index contributed by atoms with van der Waals surface area (Å²) in [6.07, 6.45) is 4.17. The third-order valence-corrected chi connectivity index (χ3v) is 11.0. The molecule has 3 saturated heterocycles. The predicted molar refractivity (Wildman–Crippen MR) is 178 cm³/mol. The Kier molecular flexibility index (Phi) is 8.97. The van der Waals surface area contributed by atoms with Crippen LogP contribution < -0.4 is 16.0 Å². The highest BCUT2D eigenvalue weighted by atomic mass is 19.4. The maximum Gasteiger partial charge on any atom is 0.416 e. The first-order chi connectivity index (χ1) is 23.0. The van der Waals surface area contributed by atoms with Crippen LogP contribution in [0.2, 0.25) is 0 Å². The molecule has 3 atom stereocenters. The van der Waals surface area contributed by atoms with Crippen molar-refractivity contribution in [3.8, 4) is 11.3 Å². The number of aryl methyl sites for hydroxylation is 1. The van der Waals surface area contributed by atoms with Crippen LogP contribution >= 0.6 is 0 Å². The molecule has 0 radical (unpaired) electrons. The molecule has 12 heteroatoms. The zero-order chi connectivity index (χ0) is 33.6. The third-order valence-electron chi connectivity index (χ3n) is 11.0. The zero-order valence-corrected chi connectivity index (χ0v) is 27.3. The van der Waals surface area contributed by atoms with E-state index < -0.39 is 23.7 Å². The SMILES string of the molecule is C=C1CCCCc2c(cc(N)cc2C(F)(F)F)-c2ncc3c(nc(CCC45CCCN4CC(F)C5)nc3c2F)N2CCCC(CCN1)C2. The highest BCUT2D eigenvalue weighted by Crippen LogP contribution is 2.44. The second kappa shape index (κ2) is 13.1. The molecule has 1 aromatic carbocycles. The van der Waals surface area contributed by atoms with Crippen molar-refractivity contribution >= 4 is 22.4 Å². The van der Waals surface area contributed by atoms with Crippen LogP contribution in [-0.4, -0.2) is 64.3 Å². The quantitative estimate of drug-likeness (QED) is 0.223. The van der Waals surface area contributed by atoms with E-state index in [1.165, 1.54) is 12.3 Å². The Morgan fingerprint density at radius 1 is 1.04 bits per heavy atom. The minimum atomic E-state index is -4.69. The van der Waals surface area contributed by atoms with Crippen LogP contribution in [0.15, 0.2) is 30.6 Å². The van der Waals surface area contributed by atoms with Gasteiger partial charge >= 0.3 is 6.18 Å². The summed E-state index contributed by atoms with van der Waals surface area (Å²) < 4.78 is 74.7. The fraction of sp³-hybridized carbons (Fsp3) is 0.583. The molecule has 258 valence electrons. The van der Waals surface area contributed by atoms with E-state index in [1.807, 2.05) is 0 Å². The average molecular weight is 670 g/mol. The molecule has 8 rings (SSSR count). The molecule has 3 aromatic rings. The Bertz CT molecular complexity index is 1690. The van der Waals surface area contributed by atoms with Crippen molar-refractivity contribution in [1.82, 2.24) is 25.2 Å². The van der Waals surface area contributed by atoms with Gasteiger partial charge in [-0.25, -0.2) is 18.7 Å². The number of benzene rings is 1. The van der Waals surface area contributed by atoms with Crippen molar-refractivity contribution in [2.45, 2.75) is 94.9 Å². The average Bonchev–Trinajstić information content (AvgIpc) is 3.57. The summed E-state index contributed by atoms with van der Waals surface area (Å²) in [5, 5.41) is 3.85. The Labute approximate surface area is 278 Å². The number of pyridine rings is 1. The van der Waals surface area contributed by atoms with Gasteiger partial charge in [-0.15, -0.1) is 0 Å². The van der Waals surface area contributed by atoms with Gasteiger partial charge in [0.1, 0.15) is 29.0 Å². The number of allylic oxidation sites excluding steroid dienone is 1. The normalized spacial score (nSPS) is 25.6. The largest absolute Gasteiger partial charge is 0.416 e. The number of rotatable bonds is 3. The van der Waals surface area contributed by atoms with Crippen molar-refractivity contribution < 1.29 is 22.0 Å². The molecule has 48 heavy (non-hydrogen) atoms. The number of anilines is 2. The lowest BCUT2D eigenvalue weighted by Crippen LogP contribution is -2.39. The van der Waals surface area contributed by atoms with Gasteiger partial charge in [0, 0.05) is 61.3 Å². The molecular weight excluding hydrogens is 625 g/mol. The van der Waals surface area contributed by atoms with Crippen LogP contribution in [-0.2, 0) is 19.0 Å². The first kappa shape index (κ1) is 33.0. The Morgan fingerprint density at radius 3 is 2.71 bits per heavy atom. The molecule has 5 aliphatic rings. The number of nitrogens with two attached hydrogens (primary N) is 1. The molecule has 3 unspecified atom stereocenters. The zero-order valence-electron chi connectivity index (χ0n) is 27.3. The second-order valence-electron chi connectivity index (χ2n) is 14.3. The third kappa shape index (κ3) is 6.44. The summed E-state index contributed by atoms with van der Waals surface area (Å²) in [6, 6.07) is 2.31. The van der Waals surface area contributed by atoms with E-state index in [0.717, 1.165) is 70.0 Å². The molecule has 3 fully saturated rings. The van der Waals surface area contributed by atoms with Gasteiger partial charge in [0.05, 0.1) is 10.9 Å². The Balaban J connectivity index is 1.36. The summed E-state index contributed by atoms with van der Waals surface area (Å²) >= 11 is 0. The Morgan fingerprint density at radius 2 is 1.88 bits per heavy atom. The smallest absolute Gasteiger partial charge is 0.399 e. The summed E-state index contributed by atoms with van der Waals surface area (Å²) in [6.45, 7) is 7.67. The lowest BCUT2D eigenvalue weighted by molar-refractivity contribution is -0.138. The van der Waals surface area contributed by atoms with Crippen molar-refractivity contribution in [1.29, 1.82) is 0 Å². The van der Waals surface area contributed by atoms with Gasteiger partial charge in [-0.3, -0.25) is 9.88 Å². The van der Waals surface area contributed by atoms with E-state index in [0.29, 0.717) is 68.0 Å². The van der Waals surface area contributed by atoms with E-state index >= 15 is 4.39 Å². The minimum absolute atomic E-state index is 0.0278. The number of hydrogen-bond acceptors (Lipinski definition) is 7. The molecule has 0 spiro atoms. The van der Waals surface area contributed by atoms with Gasteiger partial charge in [0.2, 0.25) is 0 Å². The van der Waals surface area contributed by atoms with Crippen molar-refractivity contribution in [2.75, 3.05) is 43.4 Å². The number of nitrogens with one attached hydrogen (secondary N) is 1. The van der Waals surface area contributed by atoms with E-state index in [1.54, 1.807) is 0 Å². The van der Waals surface area contributed by atoms with Gasteiger partial charge < -0.3 is 16.0 Å². The van der Waals surface area contributed by atoms with Crippen molar-refractivity contribution in [3.63, 3.8) is 0 Å². The van der Waals surface area contributed by atoms with Crippen LogP contribution in [0.3, 0.4) is 0 Å². The highest BCUT2D eigenvalue weighted by molar-refractivity contribution is 5.92. The minimum Gasteiger partial charge on any atom is -0.399 e. The summed E-state index contributed by atoms with van der Waals surface area (Å²) in [5.41, 5.74) is 5.48. The van der Waals surface area contributed by atoms with Gasteiger partial charge in [0.15, 0.2) is 5.82 Å². The van der Waals surface area contributed by atoms with Gasteiger partial charge in [0.25, 0.3) is 0 Å². The molecule has 6 bridgehead atoms. The monoisotopic (exact) mass is 669 g/mol. The summed E-state index contributed by atoms with van der Waals surface area (Å²) in [5.74, 6) is 0.658. The van der Waals surface area contributed by atoms with Gasteiger partial charge in [-0.2, -0.15) is 13.2 Å². The van der Waals surface area contributed by atoms with Gasteiger partial charge in [-0.1, -0.05) is 6.58 Å². The lowest BCUT2D eigenvalue weighted by atomic mass is 9.88. The number of aromatic nitrogens is 3. The van der Waals surface area contributed by atoms with Crippen LogP contribution in [0.5, 0.6) is 0 Å². The van der Waals surface area contributed by atoms with Gasteiger partial charge in [-0.05, 0) is 101 Å². The predicted octanol–water partition coefficient (Wildman–Crippen LogP) is 7.38. The molecule has 0 aliphatic carbocycles. The molecule has 0 amide bonds. The van der Waals surface area contributed by atoms with Crippen LogP contribution in [0.25, 0.3) is 22.2 Å². The molecule has 3 N–H and O–H groups in total. The highest BCUT2D eigenvalue weighted by Gasteiger charge is 2.48. The first-order valence-corrected chi connectivity index (χ1v) is 17.4. The fourth-order valence-corrected chi connectivity index (χ4v) is 8.69. The summed E-state index contributed by atoms with van der Waals surface area (Å²) in [4.78, 5) is 18.7. The number of hydrogen-bond donors (Lipinski definition) is 2. The molecule has 5 aliphatic heterocycles. The lowest BCUT2D eigenvalue weighted by Gasteiger charge is -2.35. The first-order valence-electron chi connectivity index (χ1n) is 17.4. The Hall–Kier alpha value is -3.54. The summed E-state index contributed by atoms with van der Waals surface area (Å²) in [7, 11) is 0. The van der Waals surface area contributed by atoms with Crippen LogP contribution in [0.1, 0.15) is 81.2 Å². The number of halogens is 5. The standard InChI is InChI=1S/C36H44F5N7/c1-22-6-2-3-8-26-27(16-25(42)17-29(26)36(39,40)41)32-31(38)33-28(19-44-32)34(47-14-4-7-23(20-47)10-13-43-22)46-30(45-33)9-12-35-11-5-15-48(35)21-24(37)18-35/h16-17,19,23-24,43H,1-15,18,20-21,42H2. The molecule has 7 heterocycles. The molecule has 7 nitrogen and oxygen atoms in total. The topological polar surface area (TPSA) is 83.2 Å². The maximum absolute atomic E-state index is 16.9. The number of nitrogen functional groups attached to an aromatic ring is 1. The van der Waals surface area contributed by atoms with E-state index in [9.17, 15) is 17.6 Å². The van der Waals surface area contributed by atoms with E-state index in [-0.39, 0.29) is 40.0 Å². The van der Waals surface area contributed by atoms with E-state index in [4.69, 9.17) is 15.7 Å².